The van der Waals surface area contributed by atoms with Crippen LogP contribution in [0, 0.1) is 0 Å². The predicted molar refractivity (Wildman–Crippen MR) is 118 cm³/mol. The van der Waals surface area contributed by atoms with Gasteiger partial charge in [-0.15, -0.1) is 0 Å². The Kier molecular flexibility index (Phi) is 7.17. The van der Waals surface area contributed by atoms with E-state index in [9.17, 15) is 14.4 Å². The van der Waals surface area contributed by atoms with Crippen molar-refractivity contribution in [3.8, 4) is 0 Å². The van der Waals surface area contributed by atoms with E-state index in [1.165, 1.54) is 26.0 Å². The Balaban J connectivity index is 1.68. The van der Waals surface area contributed by atoms with Crippen LogP contribution in [0.25, 0.3) is 0 Å². The number of rotatable bonds is 7. The topological polar surface area (TPSA) is 84.5 Å². The summed E-state index contributed by atoms with van der Waals surface area (Å²) < 4.78 is 5.35. The molecule has 0 unspecified atom stereocenters. The molecule has 0 spiro atoms. The normalized spacial score (nSPS) is 11.5. The van der Waals surface area contributed by atoms with Crippen LogP contribution in [0.1, 0.15) is 41.4 Å². The second kappa shape index (κ2) is 10.2. The van der Waals surface area contributed by atoms with Gasteiger partial charge in [-0.05, 0) is 42.3 Å². The van der Waals surface area contributed by atoms with Crippen molar-refractivity contribution < 1.29 is 19.1 Å². The average molecular weight is 416 g/mol. The third kappa shape index (κ3) is 6.02. The summed E-state index contributed by atoms with van der Waals surface area (Å²) in [6.07, 6.45) is -0.988. The Morgan fingerprint density at radius 1 is 0.774 bits per heavy atom. The first-order valence-electron chi connectivity index (χ1n) is 9.93. The molecule has 2 amide bonds. The SMILES string of the molecule is CC(=O)Nc1ccc(C(=O)O[C@H](C)C(=O)NC(c2ccccc2)c2ccccc2)cc1. The average Bonchev–Trinajstić information content (AvgIpc) is 2.78. The molecule has 3 aromatic carbocycles. The molecule has 6 heteroatoms. The van der Waals surface area contributed by atoms with E-state index in [2.05, 4.69) is 10.6 Å². The maximum absolute atomic E-state index is 12.8. The van der Waals surface area contributed by atoms with Gasteiger partial charge < -0.3 is 15.4 Å². The van der Waals surface area contributed by atoms with Crippen molar-refractivity contribution in [1.29, 1.82) is 0 Å². The fraction of sp³-hybridized carbons (Fsp3) is 0.160. The van der Waals surface area contributed by atoms with E-state index >= 15 is 0 Å². The van der Waals surface area contributed by atoms with E-state index < -0.39 is 18.0 Å². The molecule has 31 heavy (non-hydrogen) atoms. The summed E-state index contributed by atoms with van der Waals surface area (Å²) in [5.74, 6) is -1.22. The molecule has 3 aromatic rings. The molecule has 6 nitrogen and oxygen atoms in total. The summed E-state index contributed by atoms with van der Waals surface area (Å²) in [7, 11) is 0. The van der Waals surface area contributed by atoms with Gasteiger partial charge in [0.1, 0.15) is 0 Å². The maximum atomic E-state index is 12.8. The molecule has 0 radical (unpaired) electrons. The van der Waals surface area contributed by atoms with Crippen LogP contribution in [0.3, 0.4) is 0 Å². The molecule has 0 aliphatic carbocycles. The van der Waals surface area contributed by atoms with Crippen LogP contribution in [0.2, 0.25) is 0 Å². The summed E-state index contributed by atoms with van der Waals surface area (Å²) in [4.78, 5) is 36.3. The highest BCUT2D eigenvalue weighted by molar-refractivity contribution is 5.93. The summed E-state index contributed by atoms with van der Waals surface area (Å²) in [6.45, 7) is 2.94. The van der Waals surface area contributed by atoms with Crippen molar-refractivity contribution in [1.82, 2.24) is 5.32 Å². The smallest absolute Gasteiger partial charge is 0.338 e. The second-order valence-corrected chi connectivity index (χ2v) is 7.07. The van der Waals surface area contributed by atoms with Crippen LogP contribution in [0.5, 0.6) is 0 Å². The molecule has 158 valence electrons. The minimum Gasteiger partial charge on any atom is -0.449 e. The summed E-state index contributed by atoms with van der Waals surface area (Å²) >= 11 is 0. The largest absolute Gasteiger partial charge is 0.449 e. The van der Waals surface area contributed by atoms with Gasteiger partial charge in [-0.25, -0.2) is 4.79 Å². The first-order valence-corrected chi connectivity index (χ1v) is 9.93. The van der Waals surface area contributed by atoms with Gasteiger partial charge in [0.05, 0.1) is 11.6 Å². The molecular formula is C25H24N2O4. The Labute approximate surface area is 181 Å². The van der Waals surface area contributed by atoms with Crippen LogP contribution in [-0.4, -0.2) is 23.9 Å². The maximum Gasteiger partial charge on any atom is 0.338 e. The van der Waals surface area contributed by atoms with Gasteiger partial charge in [0, 0.05) is 12.6 Å². The van der Waals surface area contributed by atoms with Gasteiger partial charge in [-0.2, -0.15) is 0 Å². The monoisotopic (exact) mass is 416 g/mol. The molecule has 1 atom stereocenters. The van der Waals surface area contributed by atoms with E-state index in [1.54, 1.807) is 12.1 Å². The van der Waals surface area contributed by atoms with Crippen LogP contribution >= 0.6 is 0 Å². The molecule has 0 aliphatic rings. The molecule has 0 bridgehead atoms. The molecule has 0 fully saturated rings. The number of carbonyl (C=O) groups is 3. The lowest BCUT2D eigenvalue weighted by Crippen LogP contribution is -2.38. The van der Waals surface area contributed by atoms with Gasteiger partial charge in [0.25, 0.3) is 5.91 Å². The van der Waals surface area contributed by atoms with E-state index in [4.69, 9.17) is 4.74 Å². The predicted octanol–water partition coefficient (Wildman–Crippen LogP) is 4.10. The highest BCUT2D eigenvalue weighted by Gasteiger charge is 2.23. The fourth-order valence-corrected chi connectivity index (χ4v) is 3.08. The zero-order chi connectivity index (χ0) is 22.2. The van der Waals surface area contributed by atoms with E-state index in [0.29, 0.717) is 5.69 Å². The molecule has 0 saturated heterocycles. The summed E-state index contributed by atoms with van der Waals surface area (Å²) in [5.41, 5.74) is 2.71. The van der Waals surface area contributed by atoms with Gasteiger partial charge in [-0.3, -0.25) is 9.59 Å². The third-order valence-electron chi connectivity index (χ3n) is 4.65. The molecule has 3 rings (SSSR count). The van der Waals surface area contributed by atoms with Crippen LogP contribution in [0.4, 0.5) is 5.69 Å². The molecule has 0 heterocycles. The third-order valence-corrected chi connectivity index (χ3v) is 4.65. The first-order chi connectivity index (χ1) is 14.9. The Bertz CT molecular complexity index is 995. The second-order valence-electron chi connectivity index (χ2n) is 7.07. The lowest BCUT2D eigenvalue weighted by Gasteiger charge is -2.22. The van der Waals surface area contributed by atoms with Crippen molar-refractivity contribution in [2.24, 2.45) is 0 Å². The number of hydrogen-bond donors (Lipinski definition) is 2. The molecule has 0 saturated carbocycles. The van der Waals surface area contributed by atoms with Crippen molar-refractivity contribution in [3.63, 3.8) is 0 Å². The molecule has 2 N–H and O–H groups in total. The number of amides is 2. The van der Waals surface area contributed by atoms with Crippen LogP contribution in [-0.2, 0) is 14.3 Å². The quantitative estimate of drug-likeness (QED) is 0.568. The Hall–Kier alpha value is -3.93. The Morgan fingerprint density at radius 3 is 1.77 bits per heavy atom. The molecular weight excluding hydrogens is 392 g/mol. The van der Waals surface area contributed by atoms with Gasteiger partial charge in [0.2, 0.25) is 5.91 Å². The summed E-state index contributed by atoms with van der Waals surface area (Å²) in [6, 6.07) is 25.1. The number of carbonyl (C=O) groups excluding carboxylic acids is 3. The first kappa shape index (κ1) is 21.8. The molecule has 0 aliphatic heterocycles. The van der Waals surface area contributed by atoms with Crippen molar-refractivity contribution in [2.75, 3.05) is 5.32 Å². The van der Waals surface area contributed by atoms with E-state index in [1.807, 2.05) is 60.7 Å². The molecule has 0 aromatic heterocycles. The zero-order valence-corrected chi connectivity index (χ0v) is 17.4. The number of ether oxygens (including phenoxy) is 1. The minimum atomic E-state index is -0.988. The highest BCUT2D eigenvalue weighted by Crippen LogP contribution is 2.22. The van der Waals surface area contributed by atoms with Crippen molar-refractivity contribution in [3.05, 3.63) is 102 Å². The summed E-state index contributed by atoms with van der Waals surface area (Å²) in [5, 5.41) is 5.60. The van der Waals surface area contributed by atoms with Crippen molar-refractivity contribution in [2.45, 2.75) is 26.0 Å². The van der Waals surface area contributed by atoms with Crippen LogP contribution in [0.15, 0.2) is 84.9 Å². The fourth-order valence-electron chi connectivity index (χ4n) is 3.08. The number of nitrogens with one attached hydrogen (secondary N) is 2. The number of benzene rings is 3. The lowest BCUT2D eigenvalue weighted by atomic mass is 9.98. The number of esters is 1. The van der Waals surface area contributed by atoms with Crippen molar-refractivity contribution >= 4 is 23.5 Å². The van der Waals surface area contributed by atoms with Gasteiger partial charge >= 0.3 is 5.97 Å². The highest BCUT2D eigenvalue weighted by atomic mass is 16.5. The number of hydrogen-bond acceptors (Lipinski definition) is 4. The Morgan fingerprint density at radius 2 is 1.29 bits per heavy atom. The van der Waals surface area contributed by atoms with Crippen LogP contribution < -0.4 is 10.6 Å². The van der Waals surface area contributed by atoms with Gasteiger partial charge in [0.15, 0.2) is 6.10 Å². The lowest BCUT2D eigenvalue weighted by molar-refractivity contribution is -0.129. The number of anilines is 1. The van der Waals surface area contributed by atoms with Gasteiger partial charge in [-0.1, -0.05) is 60.7 Å². The zero-order valence-electron chi connectivity index (χ0n) is 17.4. The standard InChI is InChI=1S/C25H24N2O4/c1-17(31-25(30)21-13-15-22(16-14-21)26-18(2)28)24(29)27-23(19-9-5-3-6-10-19)20-11-7-4-8-12-20/h3-17,23H,1-2H3,(H,26,28)(H,27,29)/t17-/m1/s1. The van der Waals surface area contributed by atoms with E-state index in [-0.39, 0.29) is 17.5 Å². The minimum absolute atomic E-state index is 0.202. The van der Waals surface area contributed by atoms with E-state index in [0.717, 1.165) is 11.1 Å².